The van der Waals surface area contributed by atoms with Gasteiger partial charge in [0, 0.05) is 17.6 Å². The second kappa shape index (κ2) is 13.4. The number of carbonyl (C=O) groups excluding carboxylic acids is 2. The van der Waals surface area contributed by atoms with E-state index < -0.39 is 28.5 Å². The summed E-state index contributed by atoms with van der Waals surface area (Å²) in [5.41, 5.74) is 1.02. The van der Waals surface area contributed by atoms with Crippen LogP contribution in [0.5, 0.6) is 5.75 Å². The quantitative estimate of drug-likeness (QED) is 0.327. The third kappa shape index (κ3) is 7.14. The lowest BCUT2D eigenvalue weighted by molar-refractivity contribution is -0.139. The lowest BCUT2D eigenvalue weighted by Gasteiger charge is -2.32. The molecule has 1 atom stereocenters. The number of ether oxygens (including phenoxy) is 1. The highest BCUT2D eigenvalue weighted by atomic mass is 79.9. The normalized spacial score (nSPS) is 11.9. The van der Waals surface area contributed by atoms with Crippen molar-refractivity contribution in [3.8, 4) is 5.75 Å². The molecule has 0 radical (unpaired) electrons. The molecule has 1 unspecified atom stereocenters. The molecule has 3 rings (SSSR count). The number of amides is 2. The predicted octanol–water partition coefficient (Wildman–Crippen LogP) is 4.60. The Labute approximate surface area is 232 Å². The molecule has 0 heterocycles. The molecule has 0 spiro atoms. The molecule has 0 bridgehead atoms. The SMILES string of the molecule is CCCNC(=O)C(C)N(Cc1ccc(Br)cc1)C(=O)CN(c1ccccc1OC)S(=O)(=O)c1ccccc1. The highest BCUT2D eigenvalue weighted by molar-refractivity contribution is 9.10. The summed E-state index contributed by atoms with van der Waals surface area (Å²) in [5.74, 6) is -0.544. The van der Waals surface area contributed by atoms with Crippen LogP contribution in [0.1, 0.15) is 25.8 Å². The van der Waals surface area contributed by atoms with Gasteiger partial charge in [-0.25, -0.2) is 8.42 Å². The minimum absolute atomic E-state index is 0.0342. The Balaban J connectivity index is 2.04. The van der Waals surface area contributed by atoms with Crippen molar-refractivity contribution >= 4 is 43.5 Å². The summed E-state index contributed by atoms with van der Waals surface area (Å²) >= 11 is 3.41. The number of hydrogen-bond acceptors (Lipinski definition) is 5. The Hall–Kier alpha value is -3.37. The first-order valence-electron chi connectivity index (χ1n) is 12.2. The maximum Gasteiger partial charge on any atom is 0.264 e. The van der Waals surface area contributed by atoms with Crippen molar-refractivity contribution in [2.45, 2.75) is 37.8 Å². The van der Waals surface area contributed by atoms with E-state index in [0.717, 1.165) is 20.8 Å². The Morgan fingerprint density at radius 2 is 1.61 bits per heavy atom. The first-order valence-corrected chi connectivity index (χ1v) is 14.4. The van der Waals surface area contributed by atoms with Crippen molar-refractivity contribution in [3.05, 3.63) is 88.9 Å². The van der Waals surface area contributed by atoms with Gasteiger partial charge in [-0.3, -0.25) is 13.9 Å². The van der Waals surface area contributed by atoms with Crippen LogP contribution >= 0.6 is 15.9 Å². The molecule has 0 aliphatic rings. The second-order valence-electron chi connectivity index (χ2n) is 8.61. The van der Waals surface area contributed by atoms with Crippen LogP contribution in [-0.2, 0) is 26.2 Å². The molecular formula is C28H32BrN3O5S. The van der Waals surface area contributed by atoms with Gasteiger partial charge in [0.15, 0.2) is 0 Å². The van der Waals surface area contributed by atoms with Crippen molar-refractivity contribution in [1.29, 1.82) is 0 Å². The van der Waals surface area contributed by atoms with Gasteiger partial charge >= 0.3 is 0 Å². The number of carbonyl (C=O) groups is 2. The third-order valence-corrected chi connectivity index (χ3v) is 8.25. The van der Waals surface area contributed by atoms with Gasteiger partial charge < -0.3 is 15.0 Å². The van der Waals surface area contributed by atoms with Crippen molar-refractivity contribution in [1.82, 2.24) is 10.2 Å². The summed E-state index contributed by atoms with van der Waals surface area (Å²) in [6, 6.07) is 21.1. The second-order valence-corrected chi connectivity index (χ2v) is 11.4. The summed E-state index contributed by atoms with van der Waals surface area (Å²) in [6.45, 7) is 3.65. The average Bonchev–Trinajstić information content (AvgIpc) is 2.94. The number of nitrogens with one attached hydrogen (secondary N) is 1. The number of hydrogen-bond donors (Lipinski definition) is 1. The largest absolute Gasteiger partial charge is 0.495 e. The molecule has 0 fully saturated rings. The predicted molar refractivity (Wildman–Crippen MR) is 151 cm³/mol. The summed E-state index contributed by atoms with van der Waals surface area (Å²) in [6.07, 6.45) is 0.746. The van der Waals surface area contributed by atoms with E-state index in [2.05, 4.69) is 21.2 Å². The topological polar surface area (TPSA) is 96.0 Å². The molecule has 3 aromatic rings. The van der Waals surface area contributed by atoms with Crippen molar-refractivity contribution < 1.29 is 22.7 Å². The fourth-order valence-corrected chi connectivity index (χ4v) is 5.54. The fourth-order valence-electron chi connectivity index (χ4n) is 3.83. The van der Waals surface area contributed by atoms with Crippen molar-refractivity contribution in [2.24, 2.45) is 0 Å². The van der Waals surface area contributed by atoms with E-state index in [0.29, 0.717) is 12.3 Å². The molecule has 202 valence electrons. The molecule has 0 aromatic heterocycles. The lowest BCUT2D eigenvalue weighted by atomic mass is 10.1. The Morgan fingerprint density at radius 1 is 0.974 bits per heavy atom. The summed E-state index contributed by atoms with van der Waals surface area (Å²) in [4.78, 5) is 28.2. The van der Waals surface area contributed by atoms with Gasteiger partial charge in [0.1, 0.15) is 18.3 Å². The summed E-state index contributed by atoms with van der Waals surface area (Å²) < 4.78 is 35.0. The number of para-hydroxylation sites is 2. The summed E-state index contributed by atoms with van der Waals surface area (Å²) in [5, 5.41) is 2.83. The number of anilines is 1. The highest BCUT2D eigenvalue weighted by Crippen LogP contribution is 2.32. The molecule has 8 nitrogen and oxygen atoms in total. The van der Waals surface area contributed by atoms with E-state index in [1.165, 1.54) is 24.1 Å². The van der Waals surface area contributed by atoms with Crippen LogP contribution in [0, 0.1) is 0 Å². The number of benzene rings is 3. The number of nitrogens with zero attached hydrogens (tertiary/aromatic N) is 2. The molecule has 1 N–H and O–H groups in total. The van der Waals surface area contributed by atoms with Crippen LogP contribution in [-0.4, -0.2) is 51.4 Å². The first-order chi connectivity index (χ1) is 18.2. The highest BCUT2D eigenvalue weighted by Gasteiger charge is 2.33. The zero-order valence-electron chi connectivity index (χ0n) is 21.6. The summed E-state index contributed by atoms with van der Waals surface area (Å²) in [7, 11) is -2.72. The maximum atomic E-state index is 13.9. The van der Waals surface area contributed by atoms with E-state index in [4.69, 9.17) is 4.74 Å². The van der Waals surface area contributed by atoms with Gasteiger partial charge in [-0.2, -0.15) is 0 Å². The molecule has 0 aliphatic heterocycles. The van der Waals surface area contributed by atoms with Gasteiger partial charge in [-0.1, -0.05) is 65.3 Å². The number of sulfonamides is 1. The smallest absolute Gasteiger partial charge is 0.264 e. The zero-order chi connectivity index (χ0) is 27.7. The Morgan fingerprint density at radius 3 is 2.24 bits per heavy atom. The van der Waals surface area contributed by atoms with Crippen molar-refractivity contribution in [3.63, 3.8) is 0 Å². The van der Waals surface area contributed by atoms with Crippen molar-refractivity contribution in [2.75, 3.05) is 24.5 Å². The third-order valence-electron chi connectivity index (χ3n) is 5.95. The zero-order valence-corrected chi connectivity index (χ0v) is 24.0. The standard InChI is InChI=1S/C28H32BrN3O5S/c1-4-18-30-28(34)21(2)31(19-22-14-16-23(29)17-15-22)27(33)20-32(25-12-8-9-13-26(25)37-3)38(35,36)24-10-6-5-7-11-24/h5-17,21H,4,18-20H2,1-3H3,(H,30,34). The van der Waals surface area contributed by atoms with Gasteiger partial charge in [0.05, 0.1) is 17.7 Å². The number of rotatable bonds is 12. The van der Waals surface area contributed by atoms with Crippen LogP contribution in [0.3, 0.4) is 0 Å². The van der Waals surface area contributed by atoms with E-state index >= 15 is 0 Å². The molecule has 0 saturated heterocycles. The molecule has 2 amide bonds. The molecule has 0 saturated carbocycles. The minimum atomic E-state index is -4.15. The van der Waals surface area contributed by atoms with E-state index in [1.54, 1.807) is 49.4 Å². The van der Waals surface area contributed by atoms with E-state index in [9.17, 15) is 18.0 Å². The van der Waals surface area contributed by atoms with Crippen LogP contribution in [0.4, 0.5) is 5.69 Å². The minimum Gasteiger partial charge on any atom is -0.495 e. The lowest BCUT2D eigenvalue weighted by Crippen LogP contribution is -2.51. The van der Waals surface area contributed by atoms with Gasteiger partial charge in [-0.15, -0.1) is 0 Å². The Kier molecular flexibility index (Phi) is 10.3. The van der Waals surface area contributed by atoms with Crippen LogP contribution in [0.25, 0.3) is 0 Å². The number of halogens is 1. The van der Waals surface area contributed by atoms with Crippen LogP contribution in [0.15, 0.2) is 88.2 Å². The molecule has 10 heteroatoms. The van der Waals surface area contributed by atoms with Gasteiger partial charge in [0.25, 0.3) is 10.0 Å². The molecule has 3 aromatic carbocycles. The fraction of sp³-hybridized carbons (Fsp3) is 0.286. The molecule has 38 heavy (non-hydrogen) atoms. The van der Waals surface area contributed by atoms with E-state index in [-0.39, 0.29) is 23.0 Å². The maximum absolute atomic E-state index is 13.9. The molecule has 0 aliphatic carbocycles. The Bertz CT molecular complexity index is 1330. The average molecular weight is 603 g/mol. The van der Waals surface area contributed by atoms with Gasteiger partial charge in [0.2, 0.25) is 11.8 Å². The van der Waals surface area contributed by atoms with Gasteiger partial charge in [-0.05, 0) is 55.3 Å². The monoisotopic (exact) mass is 601 g/mol. The van der Waals surface area contributed by atoms with Crippen LogP contribution in [0.2, 0.25) is 0 Å². The van der Waals surface area contributed by atoms with E-state index in [1.807, 2.05) is 31.2 Å². The van der Waals surface area contributed by atoms with Crippen LogP contribution < -0.4 is 14.4 Å². The molecular weight excluding hydrogens is 570 g/mol. The number of methoxy groups -OCH3 is 1. The first kappa shape index (κ1) is 29.2.